The van der Waals surface area contributed by atoms with Crippen LogP contribution in [0.25, 0.3) is 6.08 Å². The molecule has 144 valence electrons. The number of halogens is 1. The molecule has 29 heavy (non-hydrogen) atoms. The fourth-order valence-corrected chi connectivity index (χ4v) is 2.75. The number of hydrogen-bond acceptors (Lipinski definition) is 5. The van der Waals surface area contributed by atoms with Gasteiger partial charge in [-0.3, -0.25) is 4.79 Å². The Bertz CT molecular complexity index is 1100. The van der Waals surface area contributed by atoms with Crippen LogP contribution in [0.4, 0.5) is 4.39 Å². The standard InChI is InChI=1S/C23H15FO5/c24-19-4-2-1-3-15(19)7-11-20(25)16-5-9-18(10-6-16)29-23(26)17-8-12-21-22(13-17)28-14-27-21/h1-13H,14H2/b11-7+. The monoisotopic (exact) mass is 390 g/mol. The third kappa shape index (κ3) is 4.16. The number of carbonyl (C=O) groups is 2. The van der Waals surface area contributed by atoms with Gasteiger partial charge in [-0.2, -0.15) is 0 Å². The molecule has 0 N–H and O–H groups in total. The molecule has 0 fully saturated rings. The van der Waals surface area contributed by atoms with Crippen LogP contribution >= 0.6 is 0 Å². The van der Waals surface area contributed by atoms with E-state index >= 15 is 0 Å². The Morgan fingerprint density at radius 2 is 1.62 bits per heavy atom. The van der Waals surface area contributed by atoms with Crippen molar-refractivity contribution in [1.82, 2.24) is 0 Å². The molecule has 6 heteroatoms. The largest absolute Gasteiger partial charge is 0.454 e. The highest BCUT2D eigenvalue weighted by atomic mass is 19.1. The average Bonchev–Trinajstić information content (AvgIpc) is 3.21. The van der Waals surface area contributed by atoms with Crippen molar-refractivity contribution in [2.75, 3.05) is 6.79 Å². The second-order valence-electron chi connectivity index (χ2n) is 6.20. The van der Waals surface area contributed by atoms with E-state index in [0.29, 0.717) is 33.9 Å². The Kier molecular flexibility index (Phi) is 5.07. The molecule has 0 saturated heterocycles. The van der Waals surface area contributed by atoms with Gasteiger partial charge in [0.1, 0.15) is 11.6 Å². The molecule has 0 radical (unpaired) electrons. The lowest BCUT2D eigenvalue weighted by atomic mass is 10.1. The second-order valence-corrected chi connectivity index (χ2v) is 6.20. The third-order valence-corrected chi connectivity index (χ3v) is 4.28. The van der Waals surface area contributed by atoms with Gasteiger partial charge in [-0.1, -0.05) is 18.2 Å². The smallest absolute Gasteiger partial charge is 0.343 e. The number of esters is 1. The van der Waals surface area contributed by atoms with Crippen molar-refractivity contribution in [2.24, 2.45) is 0 Å². The molecule has 0 unspecified atom stereocenters. The fraction of sp³-hybridized carbons (Fsp3) is 0.0435. The molecular formula is C23H15FO5. The summed E-state index contributed by atoms with van der Waals surface area (Å²) in [5, 5.41) is 0. The Hall–Kier alpha value is -3.93. The highest BCUT2D eigenvalue weighted by Gasteiger charge is 2.17. The van der Waals surface area contributed by atoms with Crippen LogP contribution in [0, 0.1) is 5.82 Å². The van der Waals surface area contributed by atoms with E-state index in [1.807, 2.05) is 0 Å². The van der Waals surface area contributed by atoms with Crippen LogP contribution in [0.2, 0.25) is 0 Å². The number of allylic oxidation sites excluding steroid dienone is 1. The highest BCUT2D eigenvalue weighted by Crippen LogP contribution is 2.32. The summed E-state index contributed by atoms with van der Waals surface area (Å²) in [5.41, 5.74) is 1.04. The predicted molar refractivity (Wildman–Crippen MR) is 104 cm³/mol. The number of ether oxygens (including phenoxy) is 3. The third-order valence-electron chi connectivity index (χ3n) is 4.28. The molecule has 0 saturated carbocycles. The molecule has 0 amide bonds. The summed E-state index contributed by atoms with van der Waals surface area (Å²) in [4.78, 5) is 24.5. The first-order chi connectivity index (χ1) is 14.1. The van der Waals surface area contributed by atoms with Crippen molar-refractivity contribution in [3.8, 4) is 17.2 Å². The lowest BCUT2D eigenvalue weighted by Gasteiger charge is -2.06. The van der Waals surface area contributed by atoms with Crippen molar-refractivity contribution >= 4 is 17.8 Å². The molecule has 1 aliphatic heterocycles. The van der Waals surface area contributed by atoms with E-state index in [-0.39, 0.29) is 12.6 Å². The van der Waals surface area contributed by atoms with Crippen LogP contribution in [0.3, 0.4) is 0 Å². The molecule has 5 nitrogen and oxygen atoms in total. The van der Waals surface area contributed by atoms with E-state index in [4.69, 9.17) is 14.2 Å². The highest BCUT2D eigenvalue weighted by molar-refractivity contribution is 6.06. The summed E-state index contributed by atoms with van der Waals surface area (Å²) in [6.07, 6.45) is 2.72. The van der Waals surface area contributed by atoms with E-state index in [9.17, 15) is 14.0 Å². The van der Waals surface area contributed by atoms with E-state index < -0.39 is 11.8 Å². The van der Waals surface area contributed by atoms with E-state index in [1.165, 1.54) is 42.5 Å². The summed E-state index contributed by atoms with van der Waals surface area (Å²) >= 11 is 0. The van der Waals surface area contributed by atoms with Crippen molar-refractivity contribution in [1.29, 1.82) is 0 Å². The zero-order valence-corrected chi connectivity index (χ0v) is 15.1. The van der Waals surface area contributed by atoms with Gasteiger partial charge in [0.25, 0.3) is 0 Å². The van der Waals surface area contributed by atoms with Crippen LogP contribution in [0.1, 0.15) is 26.3 Å². The first kappa shape index (κ1) is 18.4. The maximum absolute atomic E-state index is 13.6. The van der Waals surface area contributed by atoms with Gasteiger partial charge in [0.05, 0.1) is 5.56 Å². The van der Waals surface area contributed by atoms with Gasteiger partial charge in [-0.05, 0) is 60.7 Å². The molecule has 0 aliphatic carbocycles. The van der Waals surface area contributed by atoms with Crippen molar-refractivity contribution in [3.05, 3.63) is 95.3 Å². The summed E-state index contributed by atoms with van der Waals surface area (Å²) in [5.74, 6) is 0.114. The predicted octanol–water partition coefficient (Wildman–Crippen LogP) is 4.67. The van der Waals surface area contributed by atoms with Crippen molar-refractivity contribution in [2.45, 2.75) is 0 Å². The number of rotatable bonds is 5. The molecule has 0 atom stereocenters. The van der Waals surface area contributed by atoms with Crippen LogP contribution in [0.5, 0.6) is 17.2 Å². The zero-order chi connectivity index (χ0) is 20.2. The topological polar surface area (TPSA) is 61.8 Å². The number of hydrogen-bond donors (Lipinski definition) is 0. The van der Waals surface area contributed by atoms with Gasteiger partial charge in [0.15, 0.2) is 17.3 Å². The van der Waals surface area contributed by atoms with Gasteiger partial charge in [-0.15, -0.1) is 0 Å². The normalized spacial score (nSPS) is 12.2. The van der Waals surface area contributed by atoms with Crippen LogP contribution < -0.4 is 14.2 Å². The first-order valence-corrected chi connectivity index (χ1v) is 8.79. The van der Waals surface area contributed by atoms with E-state index in [1.54, 1.807) is 36.4 Å². The minimum Gasteiger partial charge on any atom is -0.454 e. The fourth-order valence-electron chi connectivity index (χ4n) is 2.75. The molecule has 4 rings (SSSR count). The van der Waals surface area contributed by atoms with Gasteiger partial charge < -0.3 is 14.2 Å². The minimum atomic E-state index is -0.554. The molecule has 0 aromatic heterocycles. The van der Waals surface area contributed by atoms with Gasteiger partial charge in [0, 0.05) is 11.1 Å². The van der Waals surface area contributed by atoms with E-state index in [0.717, 1.165) is 0 Å². The quantitative estimate of drug-likeness (QED) is 0.274. The summed E-state index contributed by atoms with van der Waals surface area (Å²) in [7, 11) is 0. The van der Waals surface area contributed by atoms with Gasteiger partial charge >= 0.3 is 5.97 Å². The number of fused-ring (bicyclic) bond motifs is 1. The minimum absolute atomic E-state index is 0.120. The maximum atomic E-state index is 13.6. The lowest BCUT2D eigenvalue weighted by Crippen LogP contribution is -2.08. The van der Waals surface area contributed by atoms with Crippen molar-refractivity contribution in [3.63, 3.8) is 0 Å². The van der Waals surface area contributed by atoms with E-state index in [2.05, 4.69) is 0 Å². The molecule has 1 aliphatic rings. The number of ketones is 1. The molecule has 3 aromatic rings. The summed E-state index contributed by atoms with van der Waals surface area (Å²) in [6, 6.07) is 17.1. The molecule has 3 aromatic carbocycles. The molecule has 0 bridgehead atoms. The Balaban J connectivity index is 1.42. The molecule has 1 heterocycles. The van der Waals surface area contributed by atoms with Gasteiger partial charge in [-0.25, -0.2) is 9.18 Å². The second kappa shape index (κ2) is 7.98. The lowest BCUT2D eigenvalue weighted by molar-refractivity contribution is 0.0734. The first-order valence-electron chi connectivity index (χ1n) is 8.79. The number of carbonyl (C=O) groups excluding carboxylic acids is 2. The Morgan fingerprint density at radius 3 is 2.41 bits per heavy atom. The Labute approximate surface area is 166 Å². The Morgan fingerprint density at radius 1 is 0.897 bits per heavy atom. The maximum Gasteiger partial charge on any atom is 0.343 e. The molecular weight excluding hydrogens is 375 g/mol. The average molecular weight is 390 g/mol. The van der Waals surface area contributed by atoms with Crippen molar-refractivity contribution < 1.29 is 28.2 Å². The zero-order valence-electron chi connectivity index (χ0n) is 15.1. The van der Waals surface area contributed by atoms with Gasteiger partial charge in [0.2, 0.25) is 6.79 Å². The van der Waals surface area contributed by atoms with Crippen LogP contribution in [-0.2, 0) is 0 Å². The van der Waals surface area contributed by atoms with Crippen LogP contribution in [-0.4, -0.2) is 18.5 Å². The SMILES string of the molecule is O=C(/C=C/c1ccccc1F)c1ccc(OC(=O)c2ccc3c(c2)OCO3)cc1. The van der Waals surface area contributed by atoms with Crippen LogP contribution in [0.15, 0.2) is 72.8 Å². The summed E-state index contributed by atoms with van der Waals surface area (Å²) in [6.45, 7) is 0.120. The number of benzene rings is 3. The molecule has 0 spiro atoms. The summed E-state index contributed by atoms with van der Waals surface area (Å²) < 4.78 is 29.4.